The second-order valence-electron chi connectivity index (χ2n) is 5.44. The second kappa shape index (κ2) is 6.42. The molecule has 1 aliphatic rings. The molecule has 1 fully saturated rings. The third kappa shape index (κ3) is 3.98. The molecule has 1 aromatic heterocycles. The van der Waals surface area contributed by atoms with Crippen LogP contribution >= 0.6 is 0 Å². The maximum atomic E-state index is 12.3. The number of H-pyrrole nitrogens is 1. The fourth-order valence-electron chi connectivity index (χ4n) is 2.63. The zero-order valence-electron chi connectivity index (χ0n) is 12.5. The Morgan fingerprint density at radius 1 is 1.42 bits per heavy atom. The minimum atomic E-state index is -4.72. The molecule has 6 nitrogen and oxygen atoms in total. The van der Waals surface area contributed by atoms with E-state index < -0.39 is 6.36 Å². The fraction of sp³-hybridized carbons (Fsp3) is 0.333. The van der Waals surface area contributed by atoms with Gasteiger partial charge in [0.1, 0.15) is 5.75 Å². The lowest BCUT2D eigenvalue weighted by Gasteiger charge is -2.20. The van der Waals surface area contributed by atoms with E-state index in [-0.39, 0.29) is 17.7 Å². The first-order chi connectivity index (χ1) is 11.4. The van der Waals surface area contributed by atoms with Crippen molar-refractivity contribution in [3.8, 4) is 5.75 Å². The van der Waals surface area contributed by atoms with Crippen LogP contribution in [0.5, 0.6) is 5.75 Å². The number of anilines is 1. The monoisotopic (exact) mass is 340 g/mol. The van der Waals surface area contributed by atoms with Crippen molar-refractivity contribution in [2.45, 2.75) is 18.8 Å². The molecule has 0 saturated carbocycles. The number of amides is 1. The van der Waals surface area contributed by atoms with E-state index in [1.807, 2.05) is 4.90 Å². The molecule has 2 aromatic rings. The van der Waals surface area contributed by atoms with Crippen LogP contribution in [0.3, 0.4) is 0 Å². The van der Waals surface area contributed by atoms with E-state index in [1.165, 1.54) is 30.6 Å². The van der Waals surface area contributed by atoms with E-state index in [0.717, 1.165) is 0 Å². The predicted molar refractivity (Wildman–Crippen MR) is 79.8 cm³/mol. The number of nitrogens with zero attached hydrogens (tertiary/aromatic N) is 2. The highest BCUT2D eigenvalue weighted by Gasteiger charge is 2.31. The van der Waals surface area contributed by atoms with E-state index in [4.69, 9.17) is 0 Å². The van der Waals surface area contributed by atoms with Crippen LogP contribution in [0.15, 0.2) is 36.7 Å². The zero-order chi connectivity index (χ0) is 17.2. The number of aromatic amines is 1. The molecule has 2 heterocycles. The minimum absolute atomic E-state index is 0.0837. The van der Waals surface area contributed by atoms with Gasteiger partial charge in [0.25, 0.3) is 5.91 Å². The topological polar surface area (TPSA) is 70.2 Å². The number of carbonyl (C=O) groups is 1. The van der Waals surface area contributed by atoms with E-state index in [0.29, 0.717) is 30.8 Å². The first-order valence-electron chi connectivity index (χ1n) is 7.31. The summed E-state index contributed by atoms with van der Waals surface area (Å²) in [5, 5.41) is 9.17. The molecular formula is C15H15F3N4O2. The Kier molecular flexibility index (Phi) is 4.32. The molecule has 0 radical (unpaired) electrons. The maximum absolute atomic E-state index is 12.3. The van der Waals surface area contributed by atoms with Crippen molar-refractivity contribution in [1.29, 1.82) is 0 Å². The van der Waals surface area contributed by atoms with Crippen molar-refractivity contribution in [1.82, 2.24) is 15.5 Å². The number of rotatable bonds is 4. The van der Waals surface area contributed by atoms with Gasteiger partial charge in [-0.2, -0.15) is 5.10 Å². The highest BCUT2D eigenvalue weighted by molar-refractivity contribution is 5.93. The number of nitrogens with one attached hydrogen (secondary N) is 2. The quantitative estimate of drug-likeness (QED) is 0.896. The SMILES string of the molecule is O=C(NC1CCN(c2cccc(OC(F)(F)F)c2)C1)c1cn[nH]c1. The van der Waals surface area contributed by atoms with E-state index in [2.05, 4.69) is 20.3 Å². The van der Waals surface area contributed by atoms with Crippen molar-refractivity contribution in [3.63, 3.8) is 0 Å². The van der Waals surface area contributed by atoms with Crippen LogP contribution in [0.1, 0.15) is 16.8 Å². The average Bonchev–Trinajstić information content (AvgIpc) is 3.17. The number of halogens is 3. The summed E-state index contributed by atoms with van der Waals surface area (Å²) < 4.78 is 40.8. The van der Waals surface area contributed by atoms with Crippen molar-refractivity contribution in [2.24, 2.45) is 0 Å². The van der Waals surface area contributed by atoms with Gasteiger partial charge >= 0.3 is 6.36 Å². The van der Waals surface area contributed by atoms with E-state index in [9.17, 15) is 18.0 Å². The van der Waals surface area contributed by atoms with Gasteiger partial charge in [-0.05, 0) is 18.6 Å². The molecule has 1 unspecified atom stereocenters. The lowest BCUT2D eigenvalue weighted by atomic mass is 10.2. The highest BCUT2D eigenvalue weighted by Crippen LogP contribution is 2.28. The van der Waals surface area contributed by atoms with Gasteiger partial charge < -0.3 is 15.0 Å². The Morgan fingerprint density at radius 3 is 2.96 bits per heavy atom. The molecule has 128 valence electrons. The molecule has 1 aromatic carbocycles. The molecular weight excluding hydrogens is 325 g/mol. The highest BCUT2D eigenvalue weighted by atomic mass is 19.4. The predicted octanol–water partition coefficient (Wildman–Crippen LogP) is 2.32. The van der Waals surface area contributed by atoms with Crippen LogP contribution in [0.25, 0.3) is 0 Å². The second-order valence-corrected chi connectivity index (χ2v) is 5.44. The first kappa shape index (κ1) is 16.2. The molecule has 1 aliphatic heterocycles. The summed E-state index contributed by atoms with van der Waals surface area (Å²) in [5.74, 6) is -0.490. The standard InChI is InChI=1S/C15H15F3N4O2/c16-15(17,18)24-13-3-1-2-12(6-13)22-5-4-11(9-22)21-14(23)10-7-19-20-8-10/h1-3,6-8,11H,4-5,9H2,(H,19,20)(H,21,23). The Balaban J connectivity index is 1.61. The molecule has 0 bridgehead atoms. The van der Waals surface area contributed by atoms with Crippen LogP contribution in [0, 0.1) is 0 Å². The van der Waals surface area contributed by atoms with Crippen molar-refractivity contribution >= 4 is 11.6 Å². The van der Waals surface area contributed by atoms with Crippen LogP contribution in [0.4, 0.5) is 18.9 Å². The lowest BCUT2D eigenvalue weighted by Crippen LogP contribution is -2.37. The number of ether oxygens (including phenoxy) is 1. The number of alkyl halides is 3. The molecule has 0 aliphatic carbocycles. The number of carbonyl (C=O) groups excluding carboxylic acids is 1. The Labute approximate surface area is 135 Å². The number of hydrogen-bond donors (Lipinski definition) is 2. The summed E-state index contributed by atoms with van der Waals surface area (Å²) in [6, 6.07) is 5.73. The molecule has 9 heteroatoms. The van der Waals surface area contributed by atoms with Crippen LogP contribution < -0.4 is 15.0 Å². The largest absolute Gasteiger partial charge is 0.573 e. The fourth-order valence-corrected chi connectivity index (χ4v) is 2.63. The number of hydrogen-bond acceptors (Lipinski definition) is 4. The molecule has 1 atom stereocenters. The number of aromatic nitrogens is 2. The molecule has 1 amide bonds. The van der Waals surface area contributed by atoms with Gasteiger partial charge in [0.15, 0.2) is 0 Å². The Hall–Kier alpha value is -2.71. The van der Waals surface area contributed by atoms with Crippen LogP contribution in [-0.4, -0.2) is 41.6 Å². The van der Waals surface area contributed by atoms with Crippen molar-refractivity contribution in [2.75, 3.05) is 18.0 Å². The average molecular weight is 340 g/mol. The van der Waals surface area contributed by atoms with Crippen molar-refractivity contribution in [3.05, 3.63) is 42.2 Å². The van der Waals surface area contributed by atoms with E-state index in [1.54, 1.807) is 6.07 Å². The summed E-state index contributed by atoms with van der Waals surface area (Å²) >= 11 is 0. The number of benzene rings is 1. The molecule has 2 N–H and O–H groups in total. The van der Waals surface area contributed by atoms with Gasteiger partial charge in [0.2, 0.25) is 0 Å². The Morgan fingerprint density at radius 2 is 2.25 bits per heavy atom. The summed E-state index contributed by atoms with van der Waals surface area (Å²) in [5.41, 5.74) is 1.06. The summed E-state index contributed by atoms with van der Waals surface area (Å²) in [6.07, 6.45) is -1.08. The minimum Gasteiger partial charge on any atom is -0.406 e. The van der Waals surface area contributed by atoms with Gasteiger partial charge in [0.05, 0.1) is 11.8 Å². The van der Waals surface area contributed by atoms with Crippen LogP contribution in [0.2, 0.25) is 0 Å². The Bertz CT molecular complexity index is 703. The van der Waals surface area contributed by atoms with Gasteiger partial charge in [-0.1, -0.05) is 6.07 Å². The molecule has 0 spiro atoms. The lowest BCUT2D eigenvalue weighted by molar-refractivity contribution is -0.274. The molecule has 24 heavy (non-hydrogen) atoms. The smallest absolute Gasteiger partial charge is 0.406 e. The van der Waals surface area contributed by atoms with Crippen molar-refractivity contribution < 1.29 is 22.7 Å². The summed E-state index contributed by atoms with van der Waals surface area (Å²) in [6.45, 7) is 1.14. The zero-order valence-corrected chi connectivity index (χ0v) is 12.5. The molecule has 3 rings (SSSR count). The van der Waals surface area contributed by atoms with Gasteiger partial charge in [-0.15, -0.1) is 13.2 Å². The van der Waals surface area contributed by atoms with Gasteiger partial charge in [0, 0.05) is 37.1 Å². The molecule has 1 saturated heterocycles. The third-order valence-electron chi connectivity index (χ3n) is 3.70. The maximum Gasteiger partial charge on any atom is 0.573 e. The first-order valence-corrected chi connectivity index (χ1v) is 7.31. The van der Waals surface area contributed by atoms with Crippen LogP contribution in [-0.2, 0) is 0 Å². The third-order valence-corrected chi connectivity index (χ3v) is 3.70. The van der Waals surface area contributed by atoms with E-state index >= 15 is 0 Å². The summed E-state index contributed by atoms with van der Waals surface area (Å²) in [4.78, 5) is 13.9. The van der Waals surface area contributed by atoms with Gasteiger partial charge in [-0.25, -0.2) is 0 Å². The summed E-state index contributed by atoms with van der Waals surface area (Å²) in [7, 11) is 0. The normalized spacial score (nSPS) is 17.8. The van der Waals surface area contributed by atoms with Gasteiger partial charge in [-0.3, -0.25) is 9.89 Å².